The van der Waals surface area contributed by atoms with Crippen LogP contribution < -0.4 is 15.0 Å². The van der Waals surface area contributed by atoms with Gasteiger partial charge in [-0.05, 0) is 49.2 Å². The Bertz CT molecular complexity index is 1550. The molecule has 0 saturated heterocycles. The third-order valence-electron chi connectivity index (χ3n) is 6.80. The summed E-state index contributed by atoms with van der Waals surface area (Å²) >= 11 is 6.26. The van der Waals surface area contributed by atoms with Crippen molar-refractivity contribution in [1.82, 2.24) is 15.1 Å². The van der Waals surface area contributed by atoms with Gasteiger partial charge >= 0.3 is 0 Å². The summed E-state index contributed by atoms with van der Waals surface area (Å²) in [7, 11) is 1.76. The Morgan fingerprint density at radius 1 is 1.10 bits per heavy atom. The zero-order valence-corrected chi connectivity index (χ0v) is 22.6. The molecule has 1 aromatic heterocycles. The first-order chi connectivity index (χ1) is 18.6. The predicted octanol–water partition coefficient (Wildman–Crippen LogP) is 5.40. The van der Waals surface area contributed by atoms with Gasteiger partial charge in [-0.3, -0.25) is 19.2 Å². The average Bonchev–Trinajstić information content (AvgIpc) is 3.25. The van der Waals surface area contributed by atoms with E-state index in [1.165, 1.54) is 11.0 Å². The Morgan fingerprint density at radius 2 is 1.82 bits per heavy atom. The second-order valence-electron chi connectivity index (χ2n) is 9.99. The van der Waals surface area contributed by atoms with E-state index in [2.05, 4.69) is 10.4 Å². The van der Waals surface area contributed by atoms with Crippen LogP contribution in [0, 0.1) is 5.82 Å². The molecule has 1 N–H and O–H groups in total. The standard InChI is InChI=1S/C30H28ClFN4O3/c1-30(2,20-10-5-4-6-11-20)33-26(37)17-36(27(38)15-19-9-7-8-12-24(19)32)29-23-18-39-25-14-13-21(31)16-22(25)28(23)35(3)34-29/h4-14,16H,15,17-18H2,1-3H3,(H,33,37). The van der Waals surface area contributed by atoms with Crippen LogP contribution in [0.3, 0.4) is 0 Å². The van der Waals surface area contributed by atoms with Crippen LogP contribution in [0.5, 0.6) is 5.75 Å². The summed E-state index contributed by atoms with van der Waals surface area (Å²) in [6.07, 6.45) is -0.239. The lowest BCUT2D eigenvalue weighted by Crippen LogP contribution is -2.48. The van der Waals surface area contributed by atoms with E-state index in [9.17, 15) is 14.0 Å². The fraction of sp³-hybridized carbons (Fsp3) is 0.233. The van der Waals surface area contributed by atoms with E-state index in [0.717, 1.165) is 16.8 Å². The van der Waals surface area contributed by atoms with Crippen LogP contribution in [-0.4, -0.2) is 28.1 Å². The quantitative estimate of drug-likeness (QED) is 0.337. The van der Waals surface area contributed by atoms with Gasteiger partial charge in [-0.15, -0.1) is 0 Å². The monoisotopic (exact) mass is 546 g/mol. The van der Waals surface area contributed by atoms with Gasteiger partial charge < -0.3 is 10.1 Å². The van der Waals surface area contributed by atoms with Gasteiger partial charge in [-0.2, -0.15) is 5.10 Å². The van der Waals surface area contributed by atoms with E-state index < -0.39 is 17.3 Å². The highest BCUT2D eigenvalue weighted by molar-refractivity contribution is 6.31. The first kappa shape index (κ1) is 26.4. The molecule has 1 aliphatic heterocycles. The predicted molar refractivity (Wildman–Crippen MR) is 148 cm³/mol. The molecule has 2 amide bonds. The van der Waals surface area contributed by atoms with Crippen molar-refractivity contribution < 1.29 is 18.7 Å². The van der Waals surface area contributed by atoms with Gasteiger partial charge in [-0.1, -0.05) is 60.1 Å². The molecule has 4 aromatic rings. The van der Waals surface area contributed by atoms with Crippen LogP contribution >= 0.6 is 11.6 Å². The number of anilines is 1. The first-order valence-corrected chi connectivity index (χ1v) is 12.9. The Labute approximate surface area is 231 Å². The lowest BCUT2D eigenvalue weighted by Gasteiger charge is -2.29. The van der Waals surface area contributed by atoms with Crippen LogP contribution in [0.4, 0.5) is 10.2 Å². The first-order valence-electron chi connectivity index (χ1n) is 12.5. The van der Waals surface area contributed by atoms with Gasteiger partial charge in [0.15, 0.2) is 5.82 Å². The molecule has 0 bridgehead atoms. The molecular formula is C30H28ClFN4O3. The van der Waals surface area contributed by atoms with Crippen molar-refractivity contribution in [2.24, 2.45) is 7.05 Å². The van der Waals surface area contributed by atoms with E-state index in [-0.39, 0.29) is 36.9 Å². The van der Waals surface area contributed by atoms with Crippen LogP contribution in [0.25, 0.3) is 11.3 Å². The number of nitrogens with zero attached hydrogens (tertiary/aromatic N) is 3. The largest absolute Gasteiger partial charge is 0.488 e. The van der Waals surface area contributed by atoms with Crippen LogP contribution in [0.15, 0.2) is 72.8 Å². The highest BCUT2D eigenvalue weighted by Crippen LogP contribution is 2.42. The third kappa shape index (κ3) is 5.38. The fourth-order valence-electron chi connectivity index (χ4n) is 4.84. The molecule has 0 spiro atoms. The zero-order valence-electron chi connectivity index (χ0n) is 21.9. The number of amides is 2. The maximum absolute atomic E-state index is 14.5. The van der Waals surface area contributed by atoms with E-state index in [4.69, 9.17) is 16.3 Å². The highest BCUT2D eigenvalue weighted by Gasteiger charge is 2.33. The molecule has 0 saturated carbocycles. The fourth-order valence-corrected chi connectivity index (χ4v) is 5.02. The average molecular weight is 547 g/mol. The van der Waals surface area contributed by atoms with Gasteiger partial charge in [0.25, 0.3) is 0 Å². The maximum atomic E-state index is 14.5. The second-order valence-corrected chi connectivity index (χ2v) is 10.4. The number of halogens is 2. The molecule has 0 fully saturated rings. The van der Waals surface area contributed by atoms with Gasteiger partial charge in [0, 0.05) is 17.6 Å². The van der Waals surface area contributed by atoms with Gasteiger partial charge in [0.2, 0.25) is 11.8 Å². The number of nitrogens with one attached hydrogen (secondary N) is 1. The van der Waals surface area contributed by atoms with Crippen molar-refractivity contribution in [3.8, 4) is 17.0 Å². The number of carbonyl (C=O) groups excluding carboxylic acids is 2. The molecule has 9 heteroatoms. The van der Waals surface area contributed by atoms with Crippen molar-refractivity contribution in [1.29, 1.82) is 0 Å². The van der Waals surface area contributed by atoms with Gasteiger partial charge in [-0.25, -0.2) is 4.39 Å². The normalized spacial score (nSPS) is 12.2. The Hall–Kier alpha value is -4.17. The molecule has 7 nitrogen and oxygen atoms in total. The highest BCUT2D eigenvalue weighted by atomic mass is 35.5. The minimum absolute atomic E-state index is 0.147. The number of benzene rings is 3. The number of aryl methyl sites for hydroxylation is 1. The van der Waals surface area contributed by atoms with Crippen LogP contribution in [0.2, 0.25) is 5.02 Å². The summed E-state index contributed by atoms with van der Waals surface area (Å²) < 4.78 is 22.1. The van der Waals surface area contributed by atoms with Crippen LogP contribution in [-0.2, 0) is 35.2 Å². The Balaban J connectivity index is 1.51. The SMILES string of the molecule is Cn1nc(N(CC(=O)NC(C)(C)c2ccccc2)C(=O)Cc2ccccc2F)c2c1-c1cc(Cl)ccc1OC2. The molecule has 1 aliphatic rings. The number of fused-ring (bicyclic) bond motifs is 3. The van der Waals surface area contributed by atoms with Crippen molar-refractivity contribution in [2.45, 2.75) is 32.4 Å². The second kappa shape index (κ2) is 10.5. The van der Waals surface area contributed by atoms with Crippen molar-refractivity contribution in [2.75, 3.05) is 11.4 Å². The molecule has 3 aromatic carbocycles. The lowest BCUT2D eigenvalue weighted by atomic mass is 9.94. The third-order valence-corrected chi connectivity index (χ3v) is 7.03. The topological polar surface area (TPSA) is 76.5 Å². The van der Waals surface area contributed by atoms with Crippen molar-refractivity contribution in [3.63, 3.8) is 0 Å². The minimum Gasteiger partial charge on any atom is -0.488 e. The summed E-state index contributed by atoms with van der Waals surface area (Å²) in [6.45, 7) is 3.62. The Morgan fingerprint density at radius 3 is 2.56 bits per heavy atom. The van der Waals surface area contributed by atoms with Crippen molar-refractivity contribution >= 4 is 29.2 Å². The van der Waals surface area contributed by atoms with E-state index in [1.807, 2.05) is 44.2 Å². The summed E-state index contributed by atoms with van der Waals surface area (Å²) in [5, 5.41) is 8.19. The Kier molecular flexibility index (Phi) is 7.14. The maximum Gasteiger partial charge on any atom is 0.240 e. The number of hydrogen-bond donors (Lipinski definition) is 1. The number of aromatic nitrogens is 2. The molecule has 0 atom stereocenters. The number of hydrogen-bond acceptors (Lipinski definition) is 4. The molecule has 200 valence electrons. The summed E-state index contributed by atoms with van der Waals surface area (Å²) in [5.41, 5.74) is 2.57. The van der Waals surface area contributed by atoms with E-state index in [1.54, 1.807) is 48.1 Å². The van der Waals surface area contributed by atoms with E-state index >= 15 is 0 Å². The van der Waals surface area contributed by atoms with Gasteiger partial charge in [0.1, 0.15) is 24.7 Å². The van der Waals surface area contributed by atoms with Crippen LogP contribution in [0.1, 0.15) is 30.5 Å². The molecule has 5 rings (SSSR count). The molecule has 0 unspecified atom stereocenters. The number of rotatable bonds is 7. The smallest absolute Gasteiger partial charge is 0.240 e. The number of ether oxygens (including phenoxy) is 1. The summed E-state index contributed by atoms with van der Waals surface area (Å²) in [4.78, 5) is 28.4. The van der Waals surface area contributed by atoms with E-state index in [0.29, 0.717) is 16.3 Å². The molecule has 39 heavy (non-hydrogen) atoms. The minimum atomic E-state index is -0.694. The summed E-state index contributed by atoms with van der Waals surface area (Å²) in [6, 6.07) is 21.0. The zero-order chi connectivity index (χ0) is 27.7. The molecular weight excluding hydrogens is 519 g/mol. The molecule has 0 aliphatic carbocycles. The van der Waals surface area contributed by atoms with Crippen molar-refractivity contribution in [3.05, 3.63) is 100 Å². The number of carbonyl (C=O) groups is 2. The lowest BCUT2D eigenvalue weighted by molar-refractivity contribution is -0.124. The van der Waals surface area contributed by atoms with Gasteiger partial charge in [0.05, 0.1) is 23.2 Å². The molecule has 2 heterocycles. The molecule has 0 radical (unpaired) electrons. The summed E-state index contributed by atoms with van der Waals surface area (Å²) in [5.74, 6) is -0.411.